The van der Waals surface area contributed by atoms with Gasteiger partial charge in [-0.25, -0.2) is 9.97 Å². The summed E-state index contributed by atoms with van der Waals surface area (Å²) in [6.07, 6.45) is 1.53. The van der Waals surface area contributed by atoms with Gasteiger partial charge in [0.1, 0.15) is 24.4 Å². The van der Waals surface area contributed by atoms with Gasteiger partial charge in [0.05, 0.1) is 6.26 Å². The SMILES string of the molecule is N#Cc1nc(N)n(CC(=O)Nc2nc(-c3ccco3)cs2)c1C#N. The molecule has 3 rings (SSSR count). The molecule has 0 saturated carbocycles. The first-order valence-corrected chi connectivity index (χ1v) is 7.45. The molecule has 3 aromatic heterocycles. The van der Waals surface area contributed by atoms with Crippen LogP contribution in [0.25, 0.3) is 11.5 Å². The first-order valence-electron chi connectivity index (χ1n) is 6.58. The molecule has 10 heteroatoms. The lowest BCUT2D eigenvalue weighted by Crippen LogP contribution is -2.20. The second-order valence-corrected chi connectivity index (χ2v) is 5.40. The summed E-state index contributed by atoms with van der Waals surface area (Å²) < 4.78 is 6.41. The van der Waals surface area contributed by atoms with E-state index >= 15 is 0 Å². The van der Waals surface area contributed by atoms with Gasteiger partial charge in [-0.3, -0.25) is 9.36 Å². The highest BCUT2D eigenvalue weighted by Gasteiger charge is 2.18. The van der Waals surface area contributed by atoms with E-state index in [1.165, 1.54) is 22.2 Å². The Balaban J connectivity index is 1.74. The number of thiazole rings is 1. The number of nitrogens with two attached hydrogens (primary N) is 1. The second-order valence-electron chi connectivity index (χ2n) is 4.54. The number of furan rings is 1. The minimum Gasteiger partial charge on any atom is -0.463 e. The van der Waals surface area contributed by atoms with Crippen LogP contribution in [0.3, 0.4) is 0 Å². The second kappa shape index (κ2) is 6.24. The van der Waals surface area contributed by atoms with E-state index in [4.69, 9.17) is 20.7 Å². The van der Waals surface area contributed by atoms with Crippen molar-refractivity contribution >= 4 is 28.3 Å². The zero-order valence-corrected chi connectivity index (χ0v) is 12.9. The molecule has 0 radical (unpaired) electrons. The van der Waals surface area contributed by atoms with Crippen LogP contribution in [0.5, 0.6) is 0 Å². The molecular formula is C14H9N7O2S. The van der Waals surface area contributed by atoms with Crippen LogP contribution in [0.2, 0.25) is 0 Å². The Morgan fingerprint density at radius 2 is 2.25 bits per heavy atom. The van der Waals surface area contributed by atoms with Gasteiger partial charge in [-0.05, 0) is 12.1 Å². The number of hydrogen-bond donors (Lipinski definition) is 2. The average Bonchev–Trinajstić information content (AvgIpc) is 3.28. The zero-order valence-electron chi connectivity index (χ0n) is 12.1. The summed E-state index contributed by atoms with van der Waals surface area (Å²) in [6.45, 7) is -0.251. The number of rotatable bonds is 4. The number of nitrogen functional groups attached to an aromatic ring is 1. The van der Waals surface area contributed by atoms with Crippen molar-refractivity contribution in [3.05, 3.63) is 35.2 Å². The predicted molar refractivity (Wildman–Crippen MR) is 84.5 cm³/mol. The molecule has 0 aromatic carbocycles. The number of imidazole rings is 1. The van der Waals surface area contributed by atoms with Gasteiger partial charge in [-0.1, -0.05) is 0 Å². The van der Waals surface area contributed by atoms with Crippen LogP contribution in [0.1, 0.15) is 11.4 Å². The molecule has 0 aliphatic rings. The molecule has 0 bridgehead atoms. The molecule has 0 atom stereocenters. The molecule has 0 aliphatic heterocycles. The third-order valence-corrected chi connectivity index (χ3v) is 3.79. The van der Waals surface area contributed by atoms with Crippen LogP contribution in [0.15, 0.2) is 28.2 Å². The highest BCUT2D eigenvalue weighted by Crippen LogP contribution is 2.25. The molecule has 24 heavy (non-hydrogen) atoms. The summed E-state index contributed by atoms with van der Waals surface area (Å²) in [6, 6.07) is 7.08. The fourth-order valence-electron chi connectivity index (χ4n) is 1.99. The molecular weight excluding hydrogens is 330 g/mol. The van der Waals surface area contributed by atoms with Crippen molar-refractivity contribution in [1.82, 2.24) is 14.5 Å². The quantitative estimate of drug-likeness (QED) is 0.733. The first-order chi connectivity index (χ1) is 11.6. The van der Waals surface area contributed by atoms with Gasteiger partial charge in [0.15, 0.2) is 22.3 Å². The van der Waals surface area contributed by atoms with Gasteiger partial charge < -0.3 is 15.5 Å². The van der Waals surface area contributed by atoms with E-state index < -0.39 is 5.91 Å². The Labute approximate surface area is 139 Å². The Bertz CT molecular complexity index is 972. The maximum Gasteiger partial charge on any atom is 0.246 e. The summed E-state index contributed by atoms with van der Waals surface area (Å²) in [5.41, 5.74) is 6.08. The van der Waals surface area contributed by atoms with E-state index in [2.05, 4.69) is 15.3 Å². The van der Waals surface area contributed by atoms with E-state index in [0.29, 0.717) is 16.6 Å². The maximum absolute atomic E-state index is 12.1. The van der Waals surface area contributed by atoms with Crippen molar-refractivity contribution in [2.24, 2.45) is 0 Å². The minimum atomic E-state index is -0.444. The summed E-state index contributed by atoms with van der Waals surface area (Å²) in [7, 11) is 0. The van der Waals surface area contributed by atoms with Gasteiger partial charge in [0, 0.05) is 5.38 Å². The molecule has 0 unspecified atom stereocenters. The largest absolute Gasteiger partial charge is 0.463 e. The molecule has 0 spiro atoms. The van der Waals surface area contributed by atoms with Crippen molar-refractivity contribution in [1.29, 1.82) is 10.5 Å². The van der Waals surface area contributed by atoms with Crippen LogP contribution in [-0.4, -0.2) is 20.4 Å². The lowest BCUT2D eigenvalue weighted by atomic mass is 10.3. The highest BCUT2D eigenvalue weighted by molar-refractivity contribution is 7.14. The zero-order chi connectivity index (χ0) is 17.1. The Morgan fingerprint density at radius 3 is 2.92 bits per heavy atom. The van der Waals surface area contributed by atoms with Gasteiger partial charge in [0.2, 0.25) is 11.9 Å². The van der Waals surface area contributed by atoms with Crippen LogP contribution < -0.4 is 11.1 Å². The van der Waals surface area contributed by atoms with Crippen molar-refractivity contribution < 1.29 is 9.21 Å². The number of carbonyl (C=O) groups excluding carboxylic acids is 1. The number of nitrogens with zero attached hydrogens (tertiary/aromatic N) is 5. The average molecular weight is 339 g/mol. The molecule has 0 fully saturated rings. The van der Waals surface area contributed by atoms with Crippen molar-refractivity contribution in [3.8, 4) is 23.6 Å². The molecule has 0 aliphatic carbocycles. The fourth-order valence-corrected chi connectivity index (χ4v) is 2.71. The van der Waals surface area contributed by atoms with E-state index in [0.717, 1.165) is 0 Å². The predicted octanol–water partition coefficient (Wildman–Crippen LogP) is 1.56. The molecule has 3 N–H and O–H groups in total. The summed E-state index contributed by atoms with van der Waals surface area (Å²) in [5.74, 6) is 0.0742. The molecule has 9 nitrogen and oxygen atoms in total. The molecule has 3 aromatic rings. The summed E-state index contributed by atoms with van der Waals surface area (Å²) >= 11 is 1.23. The number of amides is 1. The summed E-state index contributed by atoms with van der Waals surface area (Å²) in [4.78, 5) is 20.1. The number of anilines is 2. The number of aromatic nitrogens is 3. The highest BCUT2D eigenvalue weighted by atomic mass is 32.1. The topological polar surface area (TPSA) is 147 Å². The monoisotopic (exact) mass is 339 g/mol. The Hall–Kier alpha value is -3.63. The van der Waals surface area contributed by atoms with Gasteiger partial charge in [0.25, 0.3) is 0 Å². The third kappa shape index (κ3) is 2.82. The lowest BCUT2D eigenvalue weighted by molar-refractivity contribution is -0.116. The van der Waals surface area contributed by atoms with Crippen molar-refractivity contribution in [2.45, 2.75) is 6.54 Å². The standard InChI is InChI=1S/C14H9N7O2S/c15-4-8-10(5-16)21(13(17)18-8)6-12(22)20-14-19-9(7-24-14)11-2-1-3-23-11/h1-3,7H,6H2,(H2,17,18)(H,19,20,22). The summed E-state index contributed by atoms with van der Waals surface area (Å²) in [5, 5.41) is 22.7. The fraction of sp³-hybridized carbons (Fsp3) is 0.0714. The number of nitrogens with one attached hydrogen (secondary N) is 1. The van der Waals surface area contributed by atoms with E-state index in [1.807, 2.05) is 6.07 Å². The van der Waals surface area contributed by atoms with Crippen molar-refractivity contribution in [3.63, 3.8) is 0 Å². The molecule has 118 valence electrons. The van der Waals surface area contributed by atoms with Gasteiger partial charge in [-0.15, -0.1) is 11.3 Å². The Morgan fingerprint density at radius 1 is 1.42 bits per heavy atom. The van der Waals surface area contributed by atoms with E-state index in [-0.39, 0.29) is 23.9 Å². The maximum atomic E-state index is 12.1. The van der Waals surface area contributed by atoms with E-state index in [1.54, 1.807) is 23.6 Å². The lowest BCUT2D eigenvalue weighted by Gasteiger charge is -2.05. The van der Waals surface area contributed by atoms with E-state index in [9.17, 15) is 4.79 Å². The minimum absolute atomic E-state index is 0.0550. The number of hydrogen-bond acceptors (Lipinski definition) is 8. The number of nitriles is 2. The third-order valence-electron chi connectivity index (χ3n) is 3.03. The van der Waals surface area contributed by atoms with Crippen LogP contribution >= 0.6 is 11.3 Å². The molecule has 0 saturated heterocycles. The van der Waals surface area contributed by atoms with Crippen LogP contribution in [0.4, 0.5) is 11.1 Å². The molecule has 3 heterocycles. The first kappa shape index (κ1) is 15.3. The van der Waals surface area contributed by atoms with Crippen LogP contribution in [0, 0.1) is 22.7 Å². The van der Waals surface area contributed by atoms with Gasteiger partial charge >= 0.3 is 0 Å². The Kier molecular flexibility index (Phi) is 3.97. The smallest absolute Gasteiger partial charge is 0.246 e. The van der Waals surface area contributed by atoms with Gasteiger partial charge in [-0.2, -0.15) is 10.5 Å². The van der Waals surface area contributed by atoms with Crippen molar-refractivity contribution in [2.75, 3.05) is 11.1 Å². The number of carbonyl (C=O) groups is 1. The molecule has 1 amide bonds. The normalized spacial score (nSPS) is 10.1. The van der Waals surface area contributed by atoms with Crippen LogP contribution in [-0.2, 0) is 11.3 Å².